The number of nitrogens with two attached hydrogens (primary N) is 1. The van der Waals surface area contributed by atoms with Crippen molar-refractivity contribution in [2.24, 2.45) is 5.73 Å². The van der Waals surface area contributed by atoms with Crippen LogP contribution in [0.25, 0.3) is 0 Å². The highest BCUT2D eigenvalue weighted by Crippen LogP contribution is 2.11. The SMILES string of the molecule is COCC(=O)NCCC(N)c1ccccc1. The van der Waals surface area contributed by atoms with Crippen LogP contribution in [0.15, 0.2) is 30.3 Å². The minimum absolute atomic E-state index is 0.0379. The van der Waals surface area contributed by atoms with Gasteiger partial charge in [-0.3, -0.25) is 4.79 Å². The Hall–Kier alpha value is -1.39. The smallest absolute Gasteiger partial charge is 0.245 e. The molecule has 0 aliphatic carbocycles. The molecule has 0 aliphatic heterocycles. The van der Waals surface area contributed by atoms with Crippen molar-refractivity contribution in [3.8, 4) is 0 Å². The van der Waals surface area contributed by atoms with Gasteiger partial charge in [0.15, 0.2) is 0 Å². The van der Waals surface area contributed by atoms with Gasteiger partial charge < -0.3 is 15.8 Å². The van der Waals surface area contributed by atoms with Crippen molar-refractivity contribution in [3.05, 3.63) is 35.9 Å². The molecule has 3 N–H and O–H groups in total. The van der Waals surface area contributed by atoms with Gasteiger partial charge in [0.2, 0.25) is 5.91 Å². The molecule has 0 aliphatic rings. The third kappa shape index (κ3) is 4.42. The van der Waals surface area contributed by atoms with E-state index in [2.05, 4.69) is 5.32 Å². The molecule has 1 atom stereocenters. The van der Waals surface area contributed by atoms with Crippen LogP contribution in [-0.4, -0.2) is 26.2 Å². The van der Waals surface area contributed by atoms with E-state index in [1.165, 1.54) is 7.11 Å². The number of hydrogen-bond acceptors (Lipinski definition) is 3. The van der Waals surface area contributed by atoms with E-state index >= 15 is 0 Å². The van der Waals surface area contributed by atoms with Gasteiger partial charge in [-0.1, -0.05) is 30.3 Å². The van der Waals surface area contributed by atoms with Crippen LogP contribution in [0.3, 0.4) is 0 Å². The number of benzene rings is 1. The molecule has 4 heteroatoms. The number of amides is 1. The summed E-state index contributed by atoms with van der Waals surface area (Å²) in [5.41, 5.74) is 7.06. The van der Waals surface area contributed by atoms with Crippen LogP contribution < -0.4 is 11.1 Å². The van der Waals surface area contributed by atoms with Crippen molar-refractivity contribution < 1.29 is 9.53 Å². The topological polar surface area (TPSA) is 64.3 Å². The fourth-order valence-corrected chi connectivity index (χ4v) is 1.42. The second kappa shape index (κ2) is 6.98. The second-order valence-electron chi connectivity index (χ2n) is 3.59. The van der Waals surface area contributed by atoms with Gasteiger partial charge in [0, 0.05) is 19.7 Å². The summed E-state index contributed by atoms with van der Waals surface area (Å²) in [5.74, 6) is -0.109. The highest BCUT2D eigenvalue weighted by Gasteiger charge is 2.05. The fraction of sp³-hybridized carbons (Fsp3) is 0.417. The Morgan fingerprint density at radius 3 is 2.75 bits per heavy atom. The first-order valence-corrected chi connectivity index (χ1v) is 5.30. The molecule has 0 heterocycles. The maximum atomic E-state index is 11.1. The number of methoxy groups -OCH3 is 1. The standard InChI is InChI=1S/C12H18N2O2/c1-16-9-12(15)14-8-7-11(13)10-5-3-2-4-6-10/h2-6,11H,7-9,13H2,1H3,(H,14,15). The first-order valence-electron chi connectivity index (χ1n) is 5.30. The molecule has 1 rings (SSSR count). The van der Waals surface area contributed by atoms with E-state index in [-0.39, 0.29) is 18.6 Å². The van der Waals surface area contributed by atoms with Gasteiger partial charge in [0.1, 0.15) is 6.61 Å². The molecule has 0 spiro atoms. The van der Waals surface area contributed by atoms with Crippen molar-refractivity contribution in [2.45, 2.75) is 12.5 Å². The minimum Gasteiger partial charge on any atom is -0.375 e. The van der Waals surface area contributed by atoms with Crippen molar-refractivity contribution in [1.82, 2.24) is 5.32 Å². The summed E-state index contributed by atoms with van der Waals surface area (Å²) in [6.07, 6.45) is 0.722. The zero-order valence-corrected chi connectivity index (χ0v) is 9.48. The molecule has 1 aromatic rings. The van der Waals surface area contributed by atoms with Crippen LogP contribution >= 0.6 is 0 Å². The van der Waals surface area contributed by atoms with E-state index in [1.807, 2.05) is 30.3 Å². The van der Waals surface area contributed by atoms with Gasteiger partial charge in [-0.15, -0.1) is 0 Å². The molecule has 4 nitrogen and oxygen atoms in total. The summed E-state index contributed by atoms with van der Waals surface area (Å²) in [6, 6.07) is 9.81. The fourth-order valence-electron chi connectivity index (χ4n) is 1.42. The Labute approximate surface area is 95.8 Å². The van der Waals surface area contributed by atoms with Gasteiger partial charge in [-0.25, -0.2) is 0 Å². The molecule has 0 saturated carbocycles. The zero-order valence-electron chi connectivity index (χ0n) is 9.48. The van der Waals surface area contributed by atoms with Crippen LogP contribution in [0.2, 0.25) is 0 Å². The number of carbonyl (C=O) groups excluding carboxylic acids is 1. The lowest BCUT2D eigenvalue weighted by Gasteiger charge is -2.12. The third-order valence-electron chi connectivity index (χ3n) is 2.28. The molecule has 0 fully saturated rings. The van der Waals surface area contributed by atoms with Gasteiger partial charge >= 0.3 is 0 Å². The Bertz CT molecular complexity index is 314. The van der Waals surface area contributed by atoms with E-state index < -0.39 is 0 Å². The molecule has 1 amide bonds. The Balaban J connectivity index is 2.26. The zero-order chi connectivity index (χ0) is 11.8. The second-order valence-corrected chi connectivity index (χ2v) is 3.59. The summed E-state index contributed by atoms with van der Waals surface area (Å²) in [5, 5.41) is 2.74. The normalized spacial score (nSPS) is 12.1. The highest BCUT2D eigenvalue weighted by molar-refractivity contribution is 5.77. The summed E-state index contributed by atoms with van der Waals surface area (Å²) < 4.78 is 4.70. The maximum absolute atomic E-state index is 11.1. The van der Waals surface area contributed by atoms with Crippen LogP contribution in [-0.2, 0) is 9.53 Å². The van der Waals surface area contributed by atoms with E-state index in [4.69, 9.17) is 10.5 Å². The summed E-state index contributed by atoms with van der Waals surface area (Å²) in [6.45, 7) is 0.666. The molecule has 0 saturated heterocycles. The molecule has 0 bridgehead atoms. The Kier molecular flexibility index (Phi) is 5.53. The molecule has 88 valence electrons. The Morgan fingerprint density at radius 1 is 1.44 bits per heavy atom. The lowest BCUT2D eigenvalue weighted by molar-refractivity contribution is -0.124. The van der Waals surface area contributed by atoms with Gasteiger partial charge in [0.05, 0.1) is 0 Å². The van der Waals surface area contributed by atoms with Crippen molar-refractivity contribution >= 4 is 5.91 Å². The quantitative estimate of drug-likeness (QED) is 0.749. The summed E-state index contributed by atoms with van der Waals surface area (Å²) >= 11 is 0. The molecular formula is C12H18N2O2. The van der Waals surface area contributed by atoms with Gasteiger partial charge in [0.25, 0.3) is 0 Å². The predicted molar refractivity (Wildman–Crippen MR) is 62.9 cm³/mol. The van der Waals surface area contributed by atoms with Gasteiger partial charge in [-0.05, 0) is 12.0 Å². The molecule has 0 radical (unpaired) electrons. The van der Waals surface area contributed by atoms with Crippen LogP contribution in [0.5, 0.6) is 0 Å². The minimum atomic E-state index is -0.109. The van der Waals surface area contributed by atoms with Gasteiger partial charge in [-0.2, -0.15) is 0 Å². The van der Waals surface area contributed by atoms with Crippen molar-refractivity contribution in [3.63, 3.8) is 0 Å². The molecule has 1 aromatic carbocycles. The molecule has 1 unspecified atom stereocenters. The van der Waals surface area contributed by atoms with Crippen molar-refractivity contribution in [1.29, 1.82) is 0 Å². The number of nitrogens with one attached hydrogen (secondary N) is 1. The number of hydrogen-bond donors (Lipinski definition) is 2. The highest BCUT2D eigenvalue weighted by atomic mass is 16.5. The Morgan fingerprint density at radius 2 is 2.12 bits per heavy atom. The maximum Gasteiger partial charge on any atom is 0.245 e. The average molecular weight is 222 g/mol. The third-order valence-corrected chi connectivity index (χ3v) is 2.28. The first-order chi connectivity index (χ1) is 7.74. The first kappa shape index (κ1) is 12.7. The largest absolute Gasteiger partial charge is 0.375 e. The molecule has 0 aromatic heterocycles. The van der Waals surface area contributed by atoms with Crippen LogP contribution in [0, 0.1) is 0 Å². The molecular weight excluding hydrogens is 204 g/mol. The van der Waals surface area contributed by atoms with E-state index in [0.717, 1.165) is 12.0 Å². The molecule has 16 heavy (non-hydrogen) atoms. The van der Waals surface area contributed by atoms with E-state index in [0.29, 0.717) is 6.54 Å². The monoisotopic (exact) mass is 222 g/mol. The summed E-state index contributed by atoms with van der Waals surface area (Å²) in [7, 11) is 1.50. The number of ether oxygens (including phenoxy) is 1. The summed E-state index contributed by atoms with van der Waals surface area (Å²) in [4.78, 5) is 11.1. The van der Waals surface area contributed by atoms with Crippen molar-refractivity contribution in [2.75, 3.05) is 20.3 Å². The number of rotatable bonds is 6. The average Bonchev–Trinajstić information content (AvgIpc) is 2.30. The lowest BCUT2D eigenvalue weighted by atomic mass is 10.1. The predicted octanol–water partition coefficient (Wildman–Crippen LogP) is 0.839. The van der Waals surface area contributed by atoms with Crippen LogP contribution in [0.4, 0.5) is 0 Å². The van der Waals surface area contributed by atoms with E-state index in [9.17, 15) is 4.79 Å². The van der Waals surface area contributed by atoms with Crippen LogP contribution in [0.1, 0.15) is 18.0 Å². The number of carbonyl (C=O) groups is 1. The van der Waals surface area contributed by atoms with E-state index in [1.54, 1.807) is 0 Å². The lowest BCUT2D eigenvalue weighted by Crippen LogP contribution is -2.29.